The summed E-state index contributed by atoms with van der Waals surface area (Å²) in [6.45, 7) is 2.65. The van der Waals surface area contributed by atoms with Crippen molar-refractivity contribution < 1.29 is 14.3 Å². The summed E-state index contributed by atoms with van der Waals surface area (Å²) < 4.78 is 4.71. The Morgan fingerprint density at radius 2 is 2.00 bits per heavy atom. The fourth-order valence-electron chi connectivity index (χ4n) is 1.64. The highest BCUT2D eigenvalue weighted by atomic mass is 16.5. The maximum absolute atomic E-state index is 11.6. The van der Waals surface area contributed by atoms with Gasteiger partial charge in [0.1, 0.15) is 0 Å². The number of hydrogen-bond donors (Lipinski definition) is 1. The molecule has 0 saturated heterocycles. The molecule has 1 amide bonds. The number of anilines is 1. The molecule has 5 nitrogen and oxygen atoms in total. The molecule has 0 unspecified atom stereocenters. The van der Waals surface area contributed by atoms with Gasteiger partial charge < -0.3 is 15.0 Å². The lowest BCUT2D eigenvalue weighted by Crippen LogP contribution is -2.35. The summed E-state index contributed by atoms with van der Waals surface area (Å²) in [6.07, 6.45) is 0. The van der Waals surface area contributed by atoms with Crippen LogP contribution in [0.25, 0.3) is 0 Å². The van der Waals surface area contributed by atoms with Gasteiger partial charge in [0.15, 0.2) is 0 Å². The smallest absolute Gasteiger partial charge is 0.339 e. The van der Waals surface area contributed by atoms with E-state index in [0.29, 0.717) is 17.8 Å². The summed E-state index contributed by atoms with van der Waals surface area (Å²) in [5.74, 6) is -0.493. The second kappa shape index (κ2) is 6.64. The molecular formula is C13H18N2O3. The van der Waals surface area contributed by atoms with Crippen LogP contribution in [-0.2, 0) is 9.53 Å². The Bertz CT molecular complexity index is 432. The number of amides is 1. The summed E-state index contributed by atoms with van der Waals surface area (Å²) in [4.78, 5) is 24.8. The van der Waals surface area contributed by atoms with Gasteiger partial charge in [0.2, 0.25) is 5.91 Å². The number of esters is 1. The molecule has 0 bridgehead atoms. The second-order valence-electron chi connectivity index (χ2n) is 3.82. The molecule has 1 aromatic rings. The molecule has 0 spiro atoms. The minimum Gasteiger partial charge on any atom is -0.465 e. The third-order valence-electron chi connectivity index (χ3n) is 2.48. The fourth-order valence-corrected chi connectivity index (χ4v) is 1.64. The Balaban J connectivity index is 2.88. The molecule has 1 aromatic carbocycles. The van der Waals surface area contributed by atoms with E-state index < -0.39 is 5.97 Å². The van der Waals surface area contributed by atoms with E-state index in [1.165, 1.54) is 7.11 Å². The van der Waals surface area contributed by atoms with E-state index >= 15 is 0 Å². The standard InChI is InChI=1S/C13H18N2O3/c1-4-14-12(16)9-15(2)11-8-6-5-7-10(11)13(17)18-3/h5-8H,4,9H2,1-3H3,(H,14,16). The van der Waals surface area contributed by atoms with Crippen molar-refractivity contribution in [1.82, 2.24) is 5.32 Å². The quantitative estimate of drug-likeness (QED) is 0.793. The Morgan fingerprint density at radius 3 is 2.61 bits per heavy atom. The average molecular weight is 250 g/mol. The van der Waals surface area contributed by atoms with Crippen molar-refractivity contribution in [2.75, 3.05) is 32.1 Å². The number of nitrogens with zero attached hydrogens (tertiary/aromatic N) is 1. The summed E-state index contributed by atoms with van der Waals surface area (Å²) >= 11 is 0. The van der Waals surface area contributed by atoms with Crippen molar-refractivity contribution in [3.05, 3.63) is 29.8 Å². The van der Waals surface area contributed by atoms with Crippen molar-refractivity contribution in [3.63, 3.8) is 0 Å². The minimum atomic E-state index is -0.409. The van der Waals surface area contributed by atoms with Crippen LogP contribution in [-0.4, -0.2) is 39.1 Å². The van der Waals surface area contributed by atoms with Crippen LogP contribution >= 0.6 is 0 Å². The van der Waals surface area contributed by atoms with Crippen LogP contribution in [0.4, 0.5) is 5.69 Å². The van der Waals surface area contributed by atoms with E-state index in [9.17, 15) is 9.59 Å². The largest absolute Gasteiger partial charge is 0.465 e. The van der Waals surface area contributed by atoms with Crippen LogP contribution in [0.2, 0.25) is 0 Å². The predicted molar refractivity (Wildman–Crippen MR) is 69.7 cm³/mol. The fraction of sp³-hybridized carbons (Fsp3) is 0.385. The van der Waals surface area contributed by atoms with Gasteiger partial charge in [-0.3, -0.25) is 4.79 Å². The third-order valence-corrected chi connectivity index (χ3v) is 2.48. The highest BCUT2D eigenvalue weighted by molar-refractivity contribution is 5.96. The van der Waals surface area contributed by atoms with E-state index in [2.05, 4.69) is 5.32 Å². The second-order valence-corrected chi connectivity index (χ2v) is 3.82. The SMILES string of the molecule is CCNC(=O)CN(C)c1ccccc1C(=O)OC. The first kappa shape index (κ1) is 14.0. The molecule has 1 N–H and O–H groups in total. The van der Waals surface area contributed by atoms with E-state index in [1.54, 1.807) is 30.1 Å². The van der Waals surface area contributed by atoms with Gasteiger partial charge in [-0.05, 0) is 19.1 Å². The summed E-state index contributed by atoms with van der Waals surface area (Å²) in [5, 5.41) is 2.71. The summed E-state index contributed by atoms with van der Waals surface area (Å²) in [7, 11) is 3.10. The highest BCUT2D eigenvalue weighted by Gasteiger charge is 2.15. The van der Waals surface area contributed by atoms with Crippen molar-refractivity contribution in [1.29, 1.82) is 0 Å². The van der Waals surface area contributed by atoms with Gasteiger partial charge >= 0.3 is 5.97 Å². The predicted octanol–water partition coefficient (Wildman–Crippen LogP) is 1.05. The summed E-state index contributed by atoms with van der Waals surface area (Å²) in [6, 6.07) is 7.03. The van der Waals surface area contributed by atoms with Gasteiger partial charge in [-0.1, -0.05) is 12.1 Å². The first-order valence-corrected chi connectivity index (χ1v) is 5.75. The number of nitrogens with one attached hydrogen (secondary N) is 1. The van der Waals surface area contributed by atoms with Gasteiger partial charge in [-0.2, -0.15) is 0 Å². The van der Waals surface area contributed by atoms with E-state index in [-0.39, 0.29) is 12.5 Å². The van der Waals surface area contributed by atoms with Crippen LogP contribution in [0.3, 0.4) is 0 Å². The summed E-state index contributed by atoms with van der Waals surface area (Å²) in [5.41, 5.74) is 1.13. The normalized spacial score (nSPS) is 9.72. The first-order valence-electron chi connectivity index (χ1n) is 5.75. The van der Waals surface area contributed by atoms with Crippen LogP contribution < -0.4 is 10.2 Å². The number of ether oxygens (including phenoxy) is 1. The zero-order valence-electron chi connectivity index (χ0n) is 10.9. The van der Waals surface area contributed by atoms with E-state index in [0.717, 1.165) is 0 Å². The number of methoxy groups -OCH3 is 1. The number of likely N-dealkylation sites (N-methyl/N-ethyl adjacent to an activating group) is 2. The Hall–Kier alpha value is -2.04. The molecule has 0 aliphatic carbocycles. The first-order chi connectivity index (χ1) is 8.60. The maximum atomic E-state index is 11.6. The molecule has 0 saturated carbocycles. The van der Waals surface area contributed by atoms with Crippen molar-refractivity contribution in [2.24, 2.45) is 0 Å². The number of rotatable bonds is 5. The monoisotopic (exact) mass is 250 g/mol. The zero-order valence-corrected chi connectivity index (χ0v) is 10.9. The topological polar surface area (TPSA) is 58.6 Å². The molecular weight excluding hydrogens is 232 g/mol. The van der Waals surface area contributed by atoms with Gasteiger partial charge in [0.25, 0.3) is 0 Å². The Kier molecular flexibility index (Phi) is 5.17. The minimum absolute atomic E-state index is 0.0836. The lowest BCUT2D eigenvalue weighted by molar-refractivity contribution is -0.119. The number of hydrogen-bond acceptors (Lipinski definition) is 4. The third kappa shape index (κ3) is 3.48. The molecule has 0 aliphatic rings. The number of carbonyl (C=O) groups is 2. The van der Waals surface area contributed by atoms with Crippen molar-refractivity contribution in [3.8, 4) is 0 Å². The molecule has 0 radical (unpaired) electrons. The molecule has 1 rings (SSSR count). The van der Waals surface area contributed by atoms with Crippen LogP contribution in [0.15, 0.2) is 24.3 Å². The molecule has 0 aliphatic heterocycles. The molecule has 98 valence electrons. The molecule has 0 atom stereocenters. The van der Waals surface area contributed by atoms with Gasteiger partial charge in [-0.15, -0.1) is 0 Å². The van der Waals surface area contributed by atoms with E-state index in [1.807, 2.05) is 13.0 Å². The number of carbonyl (C=O) groups excluding carboxylic acids is 2. The number of para-hydroxylation sites is 1. The zero-order chi connectivity index (χ0) is 13.5. The molecule has 5 heteroatoms. The van der Waals surface area contributed by atoms with Gasteiger partial charge in [0.05, 0.1) is 24.9 Å². The lowest BCUT2D eigenvalue weighted by atomic mass is 10.1. The Morgan fingerprint density at radius 1 is 1.33 bits per heavy atom. The van der Waals surface area contributed by atoms with E-state index in [4.69, 9.17) is 4.74 Å². The maximum Gasteiger partial charge on any atom is 0.339 e. The van der Waals surface area contributed by atoms with Crippen LogP contribution in [0.5, 0.6) is 0 Å². The molecule has 0 heterocycles. The molecule has 0 aromatic heterocycles. The van der Waals surface area contributed by atoms with Crippen LogP contribution in [0.1, 0.15) is 17.3 Å². The van der Waals surface area contributed by atoms with Gasteiger partial charge in [0, 0.05) is 13.6 Å². The average Bonchev–Trinajstić information content (AvgIpc) is 2.38. The number of benzene rings is 1. The van der Waals surface area contributed by atoms with Gasteiger partial charge in [-0.25, -0.2) is 4.79 Å². The van der Waals surface area contributed by atoms with Crippen molar-refractivity contribution in [2.45, 2.75) is 6.92 Å². The highest BCUT2D eigenvalue weighted by Crippen LogP contribution is 2.19. The Labute approximate surface area is 107 Å². The van der Waals surface area contributed by atoms with Crippen LogP contribution in [0, 0.1) is 0 Å². The lowest BCUT2D eigenvalue weighted by Gasteiger charge is -2.20. The molecule has 0 fully saturated rings. The molecule has 18 heavy (non-hydrogen) atoms. The van der Waals surface area contributed by atoms with Crippen molar-refractivity contribution >= 4 is 17.6 Å².